The van der Waals surface area contributed by atoms with Gasteiger partial charge in [-0.2, -0.15) is 11.8 Å². The summed E-state index contributed by atoms with van der Waals surface area (Å²) in [6, 6.07) is 9.99. The van der Waals surface area contributed by atoms with Crippen LogP contribution in [0.4, 0.5) is 0 Å². The molecule has 1 rings (SSSR count). The first-order valence-corrected chi connectivity index (χ1v) is 9.41. The molecule has 0 aliphatic carbocycles. The summed E-state index contributed by atoms with van der Waals surface area (Å²) in [6.45, 7) is 3.49. The number of carbonyl (C=O) groups excluding carboxylic acids is 2. The molecule has 0 saturated carbocycles. The van der Waals surface area contributed by atoms with Gasteiger partial charge in [0.05, 0.1) is 6.61 Å². The number of carbonyl (C=O) groups is 2. The standard InChI is InChI=1S/C18H28N2O4S/c1-18(2,13-21)16(23)17(24)20(9-8-15(19)22)10-11-25-12-14-6-4-3-5-7-14/h3-7,16,21,23H,8-13H2,1-2H3,(H2,19,22). The van der Waals surface area contributed by atoms with Gasteiger partial charge in [0.2, 0.25) is 5.91 Å². The predicted molar refractivity (Wildman–Crippen MR) is 99.9 cm³/mol. The van der Waals surface area contributed by atoms with Gasteiger partial charge >= 0.3 is 0 Å². The SMILES string of the molecule is CC(C)(CO)C(O)C(=O)N(CCSCc1ccccc1)CCC(N)=O. The highest BCUT2D eigenvalue weighted by atomic mass is 32.2. The zero-order valence-electron chi connectivity index (χ0n) is 14.9. The molecule has 0 heterocycles. The molecule has 0 saturated heterocycles. The maximum atomic E-state index is 12.5. The number of benzene rings is 1. The van der Waals surface area contributed by atoms with E-state index in [-0.39, 0.29) is 19.6 Å². The molecule has 1 aromatic carbocycles. The predicted octanol–water partition coefficient (Wildman–Crippen LogP) is 1.00. The van der Waals surface area contributed by atoms with Crippen LogP contribution in [0, 0.1) is 5.41 Å². The van der Waals surface area contributed by atoms with Gasteiger partial charge in [0, 0.05) is 36.4 Å². The fourth-order valence-electron chi connectivity index (χ4n) is 2.11. The summed E-state index contributed by atoms with van der Waals surface area (Å²) in [5.74, 6) is 0.515. The van der Waals surface area contributed by atoms with Gasteiger partial charge < -0.3 is 20.8 Å². The number of aliphatic hydroxyl groups excluding tert-OH is 2. The lowest BCUT2D eigenvalue weighted by Gasteiger charge is -2.32. The van der Waals surface area contributed by atoms with Crippen LogP contribution in [0.1, 0.15) is 25.8 Å². The summed E-state index contributed by atoms with van der Waals surface area (Å²) in [5.41, 5.74) is 5.43. The van der Waals surface area contributed by atoms with Gasteiger partial charge in [-0.05, 0) is 5.56 Å². The Labute approximate surface area is 153 Å². The average Bonchev–Trinajstić information content (AvgIpc) is 2.60. The molecular weight excluding hydrogens is 340 g/mol. The minimum absolute atomic E-state index is 0.0430. The lowest BCUT2D eigenvalue weighted by Crippen LogP contribution is -2.49. The Morgan fingerprint density at radius 2 is 1.88 bits per heavy atom. The zero-order valence-corrected chi connectivity index (χ0v) is 15.7. The fourth-order valence-corrected chi connectivity index (χ4v) is 3.03. The van der Waals surface area contributed by atoms with E-state index in [0.717, 1.165) is 5.75 Å². The number of hydrogen-bond donors (Lipinski definition) is 3. The molecule has 7 heteroatoms. The molecule has 6 nitrogen and oxygen atoms in total. The van der Waals surface area contributed by atoms with Crippen molar-refractivity contribution >= 4 is 23.6 Å². The van der Waals surface area contributed by atoms with E-state index >= 15 is 0 Å². The van der Waals surface area contributed by atoms with Crippen molar-refractivity contribution in [1.29, 1.82) is 0 Å². The number of thioether (sulfide) groups is 1. The monoisotopic (exact) mass is 368 g/mol. The molecule has 25 heavy (non-hydrogen) atoms. The van der Waals surface area contributed by atoms with E-state index in [1.54, 1.807) is 25.6 Å². The highest BCUT2D eigenvalue weighted by molar-refractivity contribution is 7.98. The van der Waals surface area contributed by atoms with Crippen molar-refractivity contribution in [3.63, 3.8) is 0 Å². The van der Waals surface area contributed by atoms with Crippen LogP contribution in [0.15, 0.2) is 30.3 Å². The largest absolute Gasteiger partial charge is 0.396 e. The molecule has 1 atom stereocenters. The molecular formula is C18H28N2O4S. The van der Waals surface area contributed by atoms with Crippen LogP contribution >= 0.6 is 11.8 Å². The van der Waals surface area contributed by atoms with Gasteiger partial charge in [-0.15, -0.1) is 0 Å². The van der Waals surface area contributed by atoms with Crippen LogP contribution in [-0.2, 0) is 15.3 Å². The first kappa shape index (κ1) is 21.5. The van der Waals surface area contributed by atoms with Gasteiger partial charge in [0.15, 0.2) is 0 Å². The molecule has 0 bridgehead atoms. The number of primary amides is 1. The smallest absolute Gasteiger partial charge is 0.252 e. The number of aliphatic hydroxyl groups is 2. The number of nitrogens with two attached hydrogens (primary N) is 1. The summed E-state index contributed by atoms with van der Waals surface area (Å²) in [7, 11) is 0. The van der Waals surface area contributed by atoms with Gasteiger partial charge in [0.1, 0.15) is 6.10 Å². The topological polar surface area (TPSA) is 104 Å². The summed E-state index contributed by atoms with van der Waals surface area (Å²) >= 11 is 1.67. The highest BCUT2D eigenvalue weighted by Crippen LogP contribution is 2.22. The summed E-state index contributed by atoms with van der Waals surface area (Å²) in [6.07, 6.45) is -1.29. The first-order chi connectivity index (χ1) is 11.8. The quantitative estimate of drug-likeness (QED) is 0.506. The fraction of sp³-hybridized carbons (Fsp3) is 0.556. The summed E-state index contributed by atoms with van der Waals surface area (Å²) < 4.78 is 0. The van der Waals surface area contributed by atoms with E-state index in [4.69, 9.17) is 5.73 Å². The van der Waals surface area contributed by atoms with Crippen molar-refractivity contribution in [3.05, 3.63) is 35.9 Å². The van der Waals surface area contributed by atoms with Crippen LogP contribution in [0.3, 0.4) is 0 Å². The van der Waals surface area contributed by atoms with Crippen LogP contribution in [0.2, 0.25) is 0 Å². The van der Waals surface area contributed by atoms with E-state index in [9.17, 15) is 19.8 Å². The maximum Gasteiger partial charge on any atom is 0.252 e. The molecule has 0 aliphatic heterocycles. The molecule has 1 unspecified atom stereocenters. The molecule has 0 fully saturated rings. The number of rotatable bonds is 11. The van der Waals surface area contributed by atoms with Gasteiger partial charge in [0.25, 0.3) is 5.91 Å². The van der Waals surface area contributed by atoms with Crippen LogP contribution in [-0.4, -0.2) is 58.5 Å². The lowest BCUT2D eigenvalue weighted by atomic mass is 9.86. The minimum atomic E-state index is -1.33. The van der Waals surface area contributed by atoms with Crippen molar-refractivity contribution < 1.29 is 19.8 Å². The highest BCUT2D eigenvalue weighted by Gasteiger charge is 2.35. The Morgan fingerprint density at radius 3 is 2.44 bits per heavy atom. The van der Waals surface area contributed by atoms with E-state index in [1.807, 2.05) is 30.3 Å². The second kappa shape index (κ2) is 10.4. The van der Waals surface area contributed by atoms with Crippen molar-refractivity contribution in [2.45, 2.75) is 32.1 Å². The normalized spacial score (nSPS) is 12.6. The molecule has 0 spiro atoms. The molecule has 4 N–H and O–H groups in total. The van der Waals surface area contributed by atoms with Crippen LogP contribution < -0.4 is 5.73 Å². The number of nitrogens with zero attached hydrogens (tertiary/aromatic N) is 1. The van der Waals surface area contributed by atoms with Gasteiger partial charge in [-0.25, -0.2) is 0 Å². The van der Waals surface area contributed by atoms with Crippen molar-refractivity contribution in [1.82, 2.24) is 4.90 Å². The molecule has 0 aliphatic rings. The van der Waals surface area contributed by atoms with Crippen molar-refractivity contribution in [2.75, 3.05) is 25.4 Å². The molecule has 1 aromatic rings. The van der Waals surface area contributed by atoms with Gasteiger partial charge in [-0.3, -0.25) is 9.59 Å². The third-order valence-electron chi connectivity index (χ3n) is 3.94. The van der Waals surface area contributed by atoms with Gasteiger partial charge in [-0.1, -0.05) is 44.2 Å². The van der Waals surface area contributed by atoms with Crippen molar-refractivity contribution in [3.8, 4) is 0 Å². The van der Waals surface area contributed by atoms with E-state index in [1.165, 1.54) is 10.5 Å². The van der Waals surface area contributed by atoms with Crippen LogP contribution in [0.25, 0.3) is 0 Å². The third kappa shape index (κ3) is 7.46. The maximum absolute atomic E-state index is 12.5. The summed E-state index contributed by atoms with van der Waals surface area (Å²) in [5, 5.41) is 19.6. The second-order valence-corrected chi connectivity index (χ2v) is 7.73. The van der Waals surface area contributed by atoms with Crippen molar-refractivity contribution in [2.24, 2.45) is 11.1 Å². The Bertz CT molecular complexity index is 551. The molecule has 2 amide bonds. The third-order valence-corrected chi connectivity index (χ3v) is 4.95. The first-order valence-electron chi connectivity index (χ1n) is 8.25. The minimum Gasteiger partial charge on any atom is -0.396 e. The average molecular weight is 368 g/mol. The number of amides is 2. The molecule has 0 aromatic heterocycles. The molecule has 0 radical (unpaired) electrons. The van der Waals surface area contributed by atoms with Crippen LogP contribution in [0.5, 0.6) is 0 Å². The zero-order chi connectivity index (χ0) is 18.9. The van der Waals surface area contributed by atoms with E-state index < -0.39 is 23.3 Å². The lowest BCUT2D eigenvalue weighted by molar-refractivity contribution is -0.148. The van der Waals surface area contributed by atoms with E-state index in [2.05, 4.69) is 0 Å². The summed E-state index contributed by atoms with van der Waals surface area (Å²) in [4.78, 5) is 25.0. The Kier molecular flexibility index (Phi) is 8.96. The Morgan fingerprint density at radius 1 is 1.24 bits per heavy atom. The molecule has 140 valence electrons. The second-order valence-electron chi connectivity index (χ2n) is 6.63. The Balaban J connectivity index is 2.59. The Hall–Kier alpha value is -1.57. The van der Waals surface area contributed by atoms with E-state index in [0.29, 0.717) is 12.3 Å². The number of hydrogen-bond acceptors (Lipinski definition) is 5.